The molecule has 3 rings (SSSR count). The molecule has 2 aromatic carbocycles. The van der Waals surface area contributed by atoms with Gasteiger partial charge in [0.05, 0.1) is 0 Å². The van der Waals surface area contributed by atoms with Gasteiger partial charge in [0, 0.05) is 9.72 Å². The summed E-state index contributed by atoms with van der Waals surface area (Å²) in [6, 6.07) is 19.3. The molecule has 1 aliphatic heterocycles. The molecule has 0 N–H and O–H groups in total. The Bertz CT molecular complexity index is 581. The van der Waals surface area contributed by atoms with Crippen LogP contribution in [-0.2, 0) is 0 Å². The quantitative estimate of drug-likeness (QED) is 0.680. The molecular weight excluding hydrogens is 328 g/mol. The van der Waals surface area contributed by atoms with Crippen molar-refractivity contribution in [2.75, 3.05) is 5.75 Å². The second-order valence-electron chi connectivity index (χ2n) is 5.00. The molecule has 0 saturated carbocycles. The minimum absolute atomic E-state index is 0.661. The van der Waals surface area contributed by atoms with Crippen molar-refractivity contribution in [1.82, 2.24) is 0 Å². The zero-order valence-corrected chi connectivity index (χ0v) is 13.7. The van der Waals surface area contributed by atoms with E-state index in [1.54, 1.807) is 0 Å². The Hall–Kier alpha value is -0.990. The van der Waals surface area contributed by atoms with E-state index < -0.39 is 0 Å². The number of rotatable bonds is 3. The van der Waals surface area contributed by atoms with Gasteiger partial charge in [0.1, 0.15) is 0 Å². The van der Waals surface area contributed by atoms with Crippen LogP contribution in [0.3, 0.4) is 0 Å². The van der Waals surface area contributed by atoms with Gasteiger partial charge in [-0.1, -0.05) is 64.5 Å². The number of thioether (sulfide) groups is 1. The molecule has 1 unspecified atom stereocenters. The minimum Gasteiger partial charge on any atom is -0.154 e. The lowest BCUT2D eigenvalue weighted by Crippen LogP contribution is -1.95. The summed E-state index contributed by atoms with van der Waals surface area (Å²) in [5.74, 6) is 1.30. The lowest BCUT2D eigenvalue weighted by atomic mass is 9.96. The molecule has 0 aliphatic carbocycles. The van der Waals surface area contributed by atoms with E-state index in [0.717, 1.165) is 4.47 Å². The zero-order chi connectivity index (χ0) is 13.8. The zero-order valence-electron chi connectivity index (χ0n) is 11.3. The van der Waals surface area contributed by atoms with Crippen LogP contribution < -0.4 is 0 Å². The molecule has 102 valence electrons. The Labute approximate surface area is 133 Å². The highest BCUT2D eigenvalue weighted by molar-refractivity contribution is 9.10. The van der Waals surface area contributed by atoms with E-state index in [1.807, 2.05) is 0 Å². The smallest absolute Gasteiger partial charge is 0.0236 e. The average molecular weight is 345 g/mol. The van der Waals surface area contributed by atoms with Gasteiger partial charge < -0.3 is 0 Å². The molecule has 1 fully saturated rings. The first-order chi connectivity index (χ1) is 9.83. The van der Waals surface area contributed by atoms with Gasteiger partial charge in [-0.05, 0) is 47.4 Å². The fourth-order valence-corrected chi connectivity index (χ4v) is 3.99. The lowest BCUT2D eigenvalue weighted by molar-refractivity contribution is 0.881. The van der Waals surface area contributed by atoms with Crippen LogP contribution in [0.15, 0.2) is 65.1 Å². The van der Waals surface area contributed by atoms with Gasteiger partial charge in [0.25, 0.3) is 0 Å². The maximum absolute atomic E-state index is 3.52. The number of halogens is 1. The van der Waals surface area contributed by atoms with Crippen molar-refractivity contribution in [2.24, 2.45) is 0 Å². The average Bonchev–Trinajstić information content (AvgIpc) is 3.00. The second kappa shape index (κ2) is 6.64. The number of benzene rings is 2. The summed E-state index contributed by atoms with van der Waals surface area (Å²) in [5, 5.41) is 0.661. The van der Waals surface area contributed by atoms with E-state index in [4.69, 9.17) is 0 Å². The van der Waals surface area contributed by atoms with Crippen molar-refractivity contribution in [3.05, 3.63) is 76.3 Å². The molecule has 0 amide bonds. The van der Waals surface area contributed by atoms with E-state index in [9.17, 15) is 0 Å². The standard InChI is InChI=1S/C18H17BrS/c19-16-10-8-15(9-11-16)18(13-17-7-4-12-20-17)14-5-2-1-3-6-14/h1-3,5-6,8-11,13,17H,4,7,12H2/b18-13+. The van der Waals surface area contributed by atoms with Gasteiger partial charge in [-0.25, -0.2) is 0 Å². The summed E-state index contributed by atoms with van der Waals surface area (Å²) in [7, 11) is 0. The van der Waals surface area contributed by atoms with Crippen molar-refractivity contribution in [3.63, 3.8) is 0 Å². The summed E-state index contributed by atoms with van der Waals surface area (Å²) in [6.07, 6.45) is 5.10. The van der Waals surface area contributed by atoms with Crippen LogP contribution in [0.4, 0.5) is 0 Å². The van der Waals surface area contributed by atoms with E-state index in [2.05, 4.69) is 88.4 Å². The third-order valence-electron chi connectivity index (χ3n) is 3.56. The van der Waals surface area contributed by atoms with Gasteiger partial charge in [0.15, 0.2) is 0 Å². The summed E-state index contributed by atoms with van der Waals surface area (Å²) in [6.45, 7) is 0. The monoisotopic (exact) mass is 344 g/mol. The van der Waals surface area contributed by atoms with Crippen LogP contribution in [0.2, 0.25) is 0 Å². The molecule has 2 heteroatoms. The minimum atomic E-state index is 0.661. The Morgan fingerprint density at radius 3 is 2.35 bits per heavy atom. The molecule has 0 aromatic heterocycles. The van der Waals surface area contributed by atoms with Crippen LogP contribution in [-0.4, -0.2) is 11.0 Å². The second-order valence-corrected chi connectivity index (χ2v) is 7.27. The van der Waals surface area contributed by atoms with Crippen molar-refractivity contribution < 1.29 is 0 Å². The van der Waals surface area contributed by atoms with E-state index in [-0.39, 0.29) is 0 Å². The Balaban J connectivity index is 2.01. The highest BCUT2D eigenvalue weighted by atomic mass is 79.9. The van der Waals surface area contributed by atoms with Crippen molar-refractivity contribution in [1.29, 1.82) is 0 Å². The van der Waals surface area contributed by atoms with Gasteiger partial charge in [0.2, 0.25) is 0 Å². The topological polar surface area (TPSA) is 0 Å². The first-order valence-corrected chi connectivity index (χ1v) is 8.82. The van der Waals surface area contributed by atoms with Crippen LogP contribution in [0, 0.1) is 0 Å². The highest BCUT2D eigenvalue weighted by Crippen LogP contribution is 2.32. The molecule has 20 heavy (non-hydrogen) atoms. The molecule has 1 atom stereocenters. The summed E-state index contributed by atoms with van der Waals surface area (Å²) in [5.41, 5.74) is 3.96. The third kappa shape index (κ3) is 3.36. The fourth-order valence-electron chi connectivity index (χ4n) is 2.53. The van der Waals surface area contributed by atoms with Gasteiger partial charge >= 0.3 is 0 Å². The SMILES string of the molecule is Brc1ccc(/C(=C/C2CCCS2)c2ccccc2)cc1. The van der Waals surface area contributed by atoms with Gasteiger partial charge in [-0.15, -0.1) is 0 Å². The maximum Gasteiger partial charge on any atom is 0.0236 e. The van der Waals surface area contributed by atoms with E-state index in [0.29, 0.717) is 5.25 Å². The number of hydrogen-bond acceptors (Lipinski definition) is 1. The van der Waals surface area contributed by atoms with Crippen molar-refractivity contribution >= 4 is 33.3 Å². The molecule has 2 aromatic rings. The summed E-state index contributed by atoms with van der Waals surface area (Å²) >= 11 is 5.59. The van der Waals surface area contributed by atoms with E-state index in [1.165, 1.54) is 35.3 Å². The van der Waals surface area contributed by atoms with Gasteiger partial charge in [-0.2, -0.15) is 11.8 Å². The number of hydrogen-bond donors (Lipinski definition) is 0. The molecule has 1 heterocycles. The van der Waals surface area contributed by atoms with Gasteiger partial charge in [-0.3, -0.25) is 0 Å². The van der Waals surface area contributed by atoms with Crippen LogP contribution in [0.5, 0.6) is 0 Å². The van der Waals surface area contributed by atoms with Crippen molar-refractivity contribution in [2.45, 2.75) is 18.1 Å². The first kappa shape index (κ1) is 14.0. The predicted molar refractivity (Wildman–Crippen MR) is 93.1 cm³/mol. The maximum atomic E-state index is 3.52. The predicted octanol–water partition coefficient (Wildman–Crippen LogP) is 5.78. The molecule has 1 aliphatic rings. The molecule has 0 spiro atoms. The molecule has 0 nitrogen and oxygen atoms in total. The Kier molecular flexibility index (Phi) is 4.64. The van der Waals surface area contributed by atoms with Crippen LogP contribution in [0.25, 0.3) is 5.57 Å². The summed E-state index contributed by atoms with van der Waals surface area (Å²) in [4.78, 5) is 0. The molecular formula is C18H17BrS. The lowest BCUT2D eigenvalue weighted by Gasteiger charge is -2.12. The van der Waals surface area contributed by atoms with Crippen LogP contribution >= 0.6 is 27.7 Å². The third-order valence-corrected chi connectivity index (χ3v) is 5.41. The Morgan fingerprint density at radius 1 is 1.00 bits per heavy atom. The van der Waals surface area contributed by atoms with Crippen molar-refractivity contribution in [3.8, 4) is 0 Å². The molecule has 1 saturated heterocycles. The van der Waals surface area contributed by atoms with Crippen LogP contribution in [0.1, 0.15) is 24.0 Å². The first-order valence-electron chi connectivity index (χ1n) is 6.98. The molecule has 0 bridgehead atoms. The summed E-state index contributed by atoms with van der Waals surface area (Å²) < 4.78 is 1.13. The Morgan fingerprint density at radius 2 is 1.70 bits per heavy atom. The van der Waals surface area contributed by atoms with E-state index >= 15 is 0 Å². The molecule has 0 radical (unpaired) electrons. The fraction of sp³-hybridized carbons (Fsp3) is 0.222. The highest BCUT2D eigenvalue weighted by Gasteiger charge is 2.15. The normalized spacial score (nSPS) is 19.2. The largest absolute Gasteiger partial charge is 0.154 e.